The van der Waals surface area contributed by atoms with E-state index in [9.17, 15) is 0 Å². The maximum absolute atomic E-state index is 5.30. The van der Waals surface area contributed by atoms with Crippen LogP contribution < -0.4 is 11.2 Å². The van der Waals surface area contributed by atoms with E-state index in [1.54, 1.807) is 0 Å². The van der Waals surface area contributed by atoms with Crippen LogP contribution in [0.25, 0.3) is 0 Å². The van der Waals surface area contributed by atoms with E-state index in [1.165, 1.54) is 18.0 Å². The van der Waals surface area contributed by atoms with E-state index in [2.05, 4.69) is 22.7 Å². The zero-order valence-corrected chi connectivity index (χ0v) is 8.61. The van der Waals surface area contributed by atoms with Gasteiger partial charge in [0.1, 0.15) is 5.76 Å². The number of nitrogens with zero attached hydrogens (tertiary/aromatic N) is 1. The molecule has 0 aliphatic heterocycles. The van der Waals surface area contributed by atoms with Crippen LogP contribution in [0.15, 0.2) is 26.7 Å². The number of hydrazone groups is 1. The molecule has 0 fully saturated rings. The molecular weight excluding hydrogens is 206 g/mol. The van der Waals surface area contributed by atoms with Gasteiger partial charge in [-0.2, -0.15) is 5.10 Å². The molecule has 0 radical (unpaired) electrons. The lowest BCUT2D eigenvalue weighted by Crippen LogP contribution is -2.23. The molecular formula is C7H9N3OS2. The maximum atomic E-state index is 5.30. The number of hydrogen-bond acceptors (Lipinski definition) is 4. The Morgan fingerprint density at radius 3 is 3.08 bits per heavy atom. The molecule has 4 nitrogen and oxygen atoms in total. The predicted octanol–water partition coefficient (Wildman–Crippen LogP) is 1.17. The van der Waals surface area contributed by atoms with E-state index in [4.69, 9.17) is 10.2 Å². The fraction of sp³-hybridized carbons (Fsp3) is 0.143. The minimum atomic E-state index is 0.132. The van der Waals surface area contributed by atoms with Gasteiger partial charge in [-0.05, 0) is 30.6 Å². The summed E-state index contributed by atoms with van der Waals surface area (Å²) in [4.78, 5) is 0. The Kier molecular flexibility index (Phi) is 3.78. The van der Waals surface area contributed by atoms with Crippen molar-refractivity contribution in [3.05, 3.63) is 17.9 Å². The molecule has 3 N–H and O–H groups in total. The molecule has 0 bridgehead atoms. The lowest BCUT2D eigenvalue weighted by atomic mass is 10.5. The number of hydrogen-bond donors (Lipinski definition) is 2. The number of nitrogens with two attached hydrogens (primary N) is 1. The summed E-state index contributed by atoms with van der Waals surface area (Å²) in [5.41, 5.74) is 7.59. The number of thioether (sulfide) groups is 1. The van der Waals surface area contributed by atoms with Gasteiger partial charge in [-0.3, -0.25) is 5.43 Å². The van der Waals surface area contributed by atoms with Gasteiger partial charge >= 0.3 is 0 Å². The van der Waals surface area contributed by atoms with Crippen molar-refractivity contribution in [3.63, 3.8) is 0 Å². The molecule has 0 spiro atoms. The second-order valence-corrected chi connectivity index (χ2v) is 3.35. The molecule has 0 saturated heterocycles. The third-order valence-corrected chi connectivity index (χ3v) is 1.88. The van der Waals surface area contributed by atoms with Crippen LogP contribution >= 0.6 is 24.0 Å². The molecule has 0 aromatic carbocycles. The predicted molar refractivity (Wildman–Crippen MR) is 58.0 cm³/mol. The molecule has 1 aromatic rings. The number of furan rings is 1. The SMILES string of the molecule is CSc1ccc(/C=N\NC(N)=S)o1. The van der Waals surface area contributed by atoms with Crippen LogP contribution in [0.2, 0.25) is 0 Å². The topological polar surface area (TPSA) is 63.5 Å². The summed E-state index contributed by atoms with van der Waals surface area (Å²) in [6.07, 6.45) is 3.45. The van der Waals surface area contributed by atoms with Gasteiger partial charge in [0.05, 0.1) is 6.21 Å². The molecule has 1 rings (SSSR count). The van der Waals surface area contributed by atoms with Crippen LogP contribution in [0.4, 0.5) is 0 Å². The van der Waals surface area contributed by atoms with Gasteiger partial charge in [-0.15, -0.1) is 0 Å². The first-order chi connectivity index (χ1) is 6.22. The first-order valence-electron chi connectivity index (χ1n) is 3.44. The zero-order chi connectivity index (χ0) is 9.68. The molecule has 0 saturated carbocycles. The first-order valence-corrected chi connectivity index (χ1v) is 5.08. The third kappa shape index (κ3) is 3.47. The quantitative estimate of drug-likeness (QED) is 0.343. The Balaban J connectivity index is 2.53. The van der Waals surface area contributed by atoms with Gasteiger partial charge in [0.25, 0.3) is 0 Å². The molecule has 6 heteroatoms. The average Bonchev–Trinajstić information content (AvgIpc) is 2.52. The smallest absolute Gasteiger partial charge is 0.184 e. The highest BCUT2D eigenvalue weighted by molar-refractivity contribution is 7.98. The van der Waals surface area contributed by atoms with E-state index in [-0.39, 0.29) is 5.11 Å². The molecule has 70 valence electrons. The summed E-state index contributed by atoms with van der Waals surface area (Å²) >= 11 is 6.09. The van der Waals surface area contributed by atoms with Crippen LogP contribution in [-0.2, 0) is 0 Å². The molecule has 0 amide bonds. The van der Waals surface area contributed by atoms with Gasteiger partial charge in [0.15, 0.2) is 10.2 Å². The Morgan fingerprint density at radius 2 is 2.54 bits per heavy atom. The summed E-state index contributed by atoms with van der Waals surface area (Å²) in [5, 5.41) is 4.72. The molecule has 1 aromatic heterocycles. The number of nitrogens with one attached hydrogen (secondary N) is 1. The Bertz CT molecular complexity index is 321. The summed E-state index contributed by atoms with van der Waals surface area (Å²) in [6.45, 7) is 0. The fourth-order valence-electron chi connectivity index (χ4n) is 0.673. The van der Waals surface area contributed by atoms with Crippen LogP contribution in [-0.4, -0.2) is 17.6 Å². The third-order valence-electron chi connectivity index (χ3n) is 1.17. The molecule has 0 unspecified atom stereocenters. The highest BCUT2D eigenvalue weighted by Gasteiger charge is 1.96. The van der Waals surface area contributed by atoms with Crippen molar-refractivity contribution in [1.82, 2.24) is 5.43 Å². The first kappa shape index (κ1) is 10.1. The van der Waals surface area contributed by atoms with E-state index in [1.807, 2.05) is 18.4 Å². The summed E-state index contributed by atoms with van der Waals surface area (Å²) in [5.74, 6) is 0.660. The highest BCUT2D eigenvalue weighted by Crippen LogP contribution is 2.16. The minimum absolute atomic E-state index is 0.132. The largest absolute Gasteiger partial charge is 0.449 e. The molecule has 13 heavy (non-hydrogen) atoms. The Hall–Kier alpha value is -1.01. The standard InChI is InChI=1S/C7H9N3OS2/c1-13-6-3-2-5(11-6)4-9-10-7(8)12/h2-4H,1H3,(H3,8,10,12)/b9-4-. The second kappa shape index (κ2) is 4.88. The number of thiocarbonyl (C=S) groups is 1. The molecule has 0 aliphatic rings. The van der Waals surface area contributed by atoms with Crippen molar-refractivity contribution in [1.29, 1.82) is 0 Å². The monoisotopic (exact) mass is 215 g/mol. The van der Waals surface area contributed by atoms with Gasteiger partial charge in [0.2, 0.25) is 0 Å². The van der Waals surface area contributed by atoms with Crippen LogP contribution in [0, 0.1) is 0 Å². The van der Waals surface area contributed by atoms with Gasteiger partial charge in [-0.25, -0.2) is 0 Å². The van der Waals surface area contributed by atoms with Crippen LogP contribution in [0.1, 0.15) is 5.76 Å². The van der Waals surface area contributed by atoms with Crippen molar-refractivity contribution in [2.24, 2.45) is 10.8 Å². The zero-order valence-electron chi connectivity index (χ0n) is 6.98. The van der Waals surface area contributed by atoms with Crippen molar-refractivity contribution in [3.8, 4) is 0 Å². The van der Waals surface area contributed by atoms with Crippen molar-refractivity contribution in [2.75, 3.05) is 6.26 Å². The van der Waals surface area contributed by atoms with E-state index >= 15 is 0 Å². The van der Waals surface area contributed by atoms with Crippen molar-refractivity contribution in [2.45, 2.75) is 5.09 Å². The average molecular weight is 215 g/mol. The van der Waals surface area contributed by atoms with Crippen molar-refractivity contribution >= 4 is 35.3 Å². The number of rotatable bonds is 3. The van der Waals surface area contributed by atoms with Gasteiger partial charge < -0.3 is 10.2 Å². The fourth-order valence-corrected chi connectivity index (χ4v) is 1.11. The van der Waals surface area contributed by atoms with Gasteiger partial charge in [-0.1, -0.05) is 11.8 Å². The molecule has 0 aliphatic carbocycles. The maximum Gasteiger partial charge on any atom is 0.184 e. The van der Waals surface area contributed by atoms with Gasteiger partial charge in [0, 0.05) is 0 Å². The highest BCUT2D eigenvalue weighted by atomic mass is 32.2. The van der Waals surface area contributed by atoms with Crippen LogP contribution in [0.3, 0.4) is 0 Å². The second-order valence-electron chi connectivity index (χ2n) is 2.10. The van der Waals surface area contributed by atoms with E-state index in [0.717, 1.165) is 5.09 Å². The Labute approximate surface area is 85.6 Å². The summed E-state index contributed by atoms with van der Waals surface area (Å²) in [6, 6.07) is 3.68. The van der Waals surface area contributed by atoms with Crippen molar-refractivity contribution < 1.29 is 4.42 Å². The lowest BCUT2D eigenvalue weighted by molar-refractivity contribution is 0.469. The molecule has 1 heterocycles. The lowest BCUT2D eigenvalue weighted by Gasteiger charge is -1.91. The Morgan fingerprint density at radius 1 is 1.77 bits per heavy atom. The molecule has 0 atom stereocenters. The normalized spacial score (nSPS) is 10.5. The summed E-state index contributed by atoms with van der Waals surface area (Å²) < 4.78 is 5.30. The van der Waals surface area contributed by atoms with Crippen LogP contribution in [0.5, 0.6) is 0 Å². The summed E-state index contributed by atoms with van der Waals surface area (Å²) in [7, 11) is 0. The minimum Gasteiger partial charge on any atom is -0.449 e. The van der Waals surface area contributed by atoms with E-state index < -0.39 is 0 Å². The van der Waals surface area contributed by atoms with E-state index in [0.29, 0.717) is 5.76 Å².